The van der Waals surface area contributed by atoms with E-state index in [0.717, 1.165) is 0 Å². The maximum atomic E-state index is 12.5. The van der Waals surface area contributed by atoms with Gasteiger partial charge >= 0.3 is 12.1 Å². The van der Waals surface area contributed by atoms with Gasteiger partial charge in [-0.25, -0.2) is 4.79 Å². The van der Waals surface area contributed by atoms with Crippen LogP contribution in [0.4, 0.5) is 16.2 Å². The van der Waals surface area contributed by atoms with Crippen LogP contribution in [0.5, 0.6) is 0 Å². The lowest BCUT2D eigenvalue weighted by molar-refractivity contribution is -0.146. The van der Waals surface area contributed by atoms with E-state index in [2.05, 4.69) is 10.6 Å². The smallest absolute Gasteiger partial charge is 0.411 e. The fourth-order valence-electron chi connectivity index (χ4n) is 2.68. The number of ether oxygens (including phenoxy) is 1. The Morgan fingerprint density at radius 3 is 2.35 bits per heavy atom. The van der Waals surface area contributed by atoms with Gasteiger partial charge in [0, 0.05) is 11.4 Å². The first-order valence-electron chi connectivity index (χ1n) is 8.59. The van der Waals surface area contributed by atoms with Gasteiger partial charge in [0.1, 0.15) is 0 Å². The molecule has 3 N–H and O–H groups in total. The molecule has 7 heteroatoms. The zero-order chi connectivity index (χ0) is 19.1. The summed E-state index contributed by atoms with van der Waals surface area (Å²) in [5, 5.41) is 14.6. The monoisotopic (exact) mass is 360 g/mol. The van der Waals surface area contributed by atoms with Crippen LogP contribution in [0.15, 0.2) is 36.4 Å². The second-order valence-corrected chi connectivity index (χ2v) is 6.68. The molecular weight excluding hydrogens is 336 g/mol. The van der Waals surface area contributed by atoms with Crippen LogP contribution in [0.25, 0.3) is 0 Å². The van der Waals surface area contributed by atoms with E-state index < -0.39 is 23.9 Å². The molecule has 0 saturated heterocycles. The van der Waals surface area contributed by atoms with Gasteiger partial charge in [-0.05, 0) is 37.0 Å². The summed E-state index contributed by atoms with van der Waals surface area (Å²) in [7, 11) is 0. The molecular formula is C19H24N2O5. The minimum absolute atomic E-state index is 0.234. The number of aliphatic carboxylic acids is 1. The van der Waals surface area contributed by atoms with E-state index in [1.807, 2.05) is 19.9 Å². The van der Waals surface area contributed by atoms with E-state index in [4.69, 9.17) is 4.74 Å². The summed E-state index contributed by atoms with van der Waals surface area (Å²) >= 11 is 0. The van der Waals surface area contributed by atoms with Gasteiger partial charge in [-0.2, -0.15) is 0 Å². The van der Waals surface area contributed by atoms with Crippen LogP contribution in [0, 0.1) is 17.8 Å². The fraction of sp³-hybridized carbons (Fsp3) is 0.421. The Morgan fingerprint density at radius 2 is 1.73 bits per heavy atom. The lowest BCUT2D eigenvalue weighted by Gasteiger charge is -2.24. The van der Waals surface area contributed by atoms with Crippen molar-refractivity contribution in [1.82, 2.24) is 0 Å². The molecule has 26 heavy (non-hydrogen) atoms. The van der Waals surface area contributed by atoms with Crippen LogP contribution in [0.1, 0.15) is 26.7 Å². The molecule has 0 aromatic heterocycles. The number of carbonyl (C=O) groups excluding carboxylic acids is 2. The number of carbonyl (C=O) groups is 3. The highest BCUT2D eigenvalue weighted by molar-refractivity contribution is 5.96. The van der Waals surface area contributed by atoms with E-state index in [1.54, 1.807) is 30.3 Å². The highest BCUT2D eigenvalue weighted by Crippen LogP contribution is 2.27. The minimum Gasteiger partial charge on any atom is -0.481 e. The molecule has 1 aromatic rings. The van der Waals surface area contributed by atoms with Gasteiger partial charge in [-0.1, -0.05) is 32.1 Å². The number of carboxylic acids is 1. The third kappa shape index (κ3) is 5.61. The predicted octanol–water partition coefficient (Wildman–Crippen LogP) is 3.50. The lowest BCUT2D eigenvalue weighted by atomic mass is 9.82. The molecule has 7 nitrogen and oxygen atoms in total. The normalized spacial score (nSPS) is 19.0. The van der Waals surface area contributed by atoms with Crippen molar-refractivity contribution in [2.75, 3.05) is 17.2 Å². The van der Waals surface area contributed by atoms with Crippen molar-refractivity contribution in [3.8, 4) is 0 Å². The highest BCUT2D eigenvalue weighted by Gasteiger charge is 2.33. The van der Waals surface area contributed by atoms with Gasteiger partial charge in [0.05, 0.1) is 18.4 Å². The number of carboxylic acid groups (broad SMARTS) is 1. The molecule has 0 saturated carbocycles. The van der Waals surface area contributed by atoms with E-state index in [1.165, 1.54) is 0 Å². The molecule has 2 atom stereocenters. The molecule has 0 spiro atoms. The molecule has 0 aliphatic heterocycles. The van der Waals surface area contributed by atoms with Gasteiger partial charge < -0.3 is 15.2 Å². The first-order chi connectivity index (χ1) is 12.4. The van der Waals surface area contributed by atoms with E-state index in [9.17, 15) is 19.5 Å². The largest absolute Gasteiger partial charge is 0.481 e. The predicted molar refractivity (Wildman–Crippen MR) is 97.9 cm³/mol. The van der Waals surface area contributed by atoms with Crippen molar-refractivity contribution < 1.29 is 24.2 Å². The average molecular weight is 360 g/mol. The van der Waals surface area contributed by atoms with E-state index >= 15 is 0 Å². The zero-order valence-corrected chi connectivity index (χ0v) is 14.9. The number of anilines is 2. The van der Waals surface area contributed by atoms with Crippen molar-refractivity contribution in [1.29, 1.82) is 0 Å². The molecule has 0 unspecified atom stereocenters. The van der Waals surface area contributed by atoms with Crippen molar-refractivity contribution >= 4 is 29.3 Å². The summed E-state index contributed by atoms with van der Waals surface area (Å²) in [5.41, 5.74) is 0.963. The summed E-state index contributed by atoms with van der Waals surface area (Å²) < 4.78 is 5.05. The zero-order valence-electron chi connectivity index (χ0n) is 14.9. The molecule has 2 amide bonds. The van der Waals surface area contributed by atoms with Crippen LogP contribution in [0.3, 0.4) is 0 Å². The third-order valence-electron chi connectivity index (χ3n) is 4.01. The Hall–Kier alpha value is -2.83. The van der Waals surface area contributed by atoms with Crippen LogP contribution < -0.4 is 10.6 Å². The molecule has 1 aliphatic rings. The van der Waals surface area contributed by atoms with Crippen LogP contribution >= 0.6 is 0 Å². The van der Waals surface area contributed by atoms with Gasteiger partial charge in [0.2, 0.25) is 5.91 Å². The Bertz CT molecular complexity index is 699. The average Bonchev–Trinajstić information content (AvgIpc) is 2.60. The Labute approximate surface area is 152 Å². The standard InChI is InChI=1S/C19H24N2O5/c1-12(2)11-26-19(25)21-14-7-5-6-13(10-14)20-17(22)15-8-3-4-9-16(15)18(23)24/h3-7,10,12,15-16H,8-9,11H2,1-2H3,(H,20,22)(H,21,25)(H,23,24)/t15-,16+/m0/s1. The summed E-state index contributed by atoms with van der Waals surface area (Å²) in [6, 6.07) is 6.64. The Balaban J connectivity index is 1.99. The van der Waals surface area contributed by atoms with Gasteiger partial charge in [0.25, 0.3) is 0 Å². The molecule has 1 aromatic carbocycles. The Morgan fingerprint density at radius 1 is 1.12 bits per heavy atom. The molecule has 0 radical (unpaired) electrons. The lowest BCUT2D eigenvalue weighted by Crippen LogP contribution is -2.34. The van der Waals surface area contributed by atoms with Crippen LogP contribution in [-0.4, -0.2) is 29.7 Å². The van der Waals surface area contributed by atoms with Crippen molar-refractivity contribution in [2.45, 2.75) is 26.7 Å². The number of hydrogen-bond acceptors (Lipinski definition) is 4. The topological polar surface area (TPSA) is 105 Å². The second kappa shape index (κ2) is 9.03. The third-order valence-corrected chi connectivity index (χ3v) is 4.01. The maximum Gasteiger partial charge on any atom is 0.411 e. The van der Waals surface area contributed by atoms with Crippen molar-refractivity contribution in [3.05, 3.63) is 36.4 Å². The van der Waals surface area contributed by atoms with Gasteiger partial charge in [0.15, 0.2) is 0 Å². The number of nitrogens with one attached hydrogen (secondary N) is 2. The first-order valence-corrected chi connectivity index (χ1v) is 8.59. The van der Waals surface area contributed by atoms with E-state index in [-0.39, 0.29) is 11.8 Å². The van der Waals surface area contributed by atoms with Crippen LogP contribution in [-0.2, 0) is 14.3 Å². The van der Waals surface area contributed by atoms with Crippen LogP contribution in [0.2, 0.25) is 0 Å². The number of allylic oxidation sites excluding steroid dienone is 2. The highest BCUT2D eigenvalue weighted by atomic mass is 16.5. The number of benzene rings is 1. The minimum atomic E-state index is -0.974. The number of hydrogen-bond donors (Lipinski definition) is 3. The van der Waals surface area contributed by atoms with Crippen molar-refractivity contribution in [3.63, 3.8) is 0 Å². The van der Waals surface area contributed by atoms with E-state index in [0.29, 0.717) is 30.8 Å². The summed E-state index contributed by atoms with van der Waals surface area (Å²) in [4.78, 5) is 35.5. The summed E-state index contributed by atoms with van der Waals surface area (Å²) in [6.45, 7) is 4.19. The second-order valence-electron chi connectivity index (χ2n) is 6.68. The number of rotatable bonds is 6. The maximum absolute atomic E-state index is 12.5. The van der Waals surface area contributed by atoms with Gasteiger partial charge in [-0.15, -0.1) is 0 Å². The molecule has 0 heterocycles. The Kier molecular flexibility index (Phi) is 6.77. The van der Waals surface area contributed by atoms with Gasteiger partial charge in [-0.3, -0.25) is 14.9 Å². The SMILES string of the molecule is CC(C)COC(=O)Nc1cccc(NC(=O)[C@H]2CC=CC[C@H]2C(=O)O)c1. The molecule has 140 valence electrons. The summed E-state index contributed by atoms with van der Waals surface area (Å²) in [5.74, 6) is -2.44. The first kappa shape index (κ1) is 19.5. The summed E-state index contributed by atoms with van der Waals surface area (Å²) in [6.07, 6.45) is 3.78. The van der Waals surface area contributed by atoms with Crippen molar-refractivity contribution in [2.24, 2.45) is 17.8 Å². The molecule has 0 fully saturated rings. The number of amides is 2. The molecule has 2 rings (SSSR count). The quantitative estimate of drug-likeness (QED) is 0.674. The molecule has 1 aliphatic carbocycles. The molecule has 0 bridgehead atoms. The fourth-order valence-corrected chi connectivity index (χ4v) is 2.68.